The first-order valence-electron chi connectivity index (χ1n) is 8.00. The van der Waals surface area contributed by atoms with Crippen molar-refractivity contribution < 1.29 is 0 Å². The van der Waals surface area contributed by atoms with Crippen LogP contribution in [0.5, 0.6) is 0 Å². The van der Waals surface area contributed by atoms with Gasteiger partial charge in [-0.15, -0.1) is 0 Å². The normalized spacial score (nSPS) is 16.7. The third kappa shape index (κ3) is 4.09. The van der Waals surface area contributed by atoms with Crippen LogP contribution in [0, 0.1) is 0 Å². The van der Waals surface area contributed by atoms with E-state index in [9.17, 15) is 0 Å². The summed E-state index contributed by atoms with van der Waals surface area (Å²) in [5.74, 6) is 1.79. The molecule has 118 valence electrons. The van der Waals surface area contributed by atoms with Gasteiger partial charge in [0, 0.05) is 25.0 Å². The molecule has 4 nitrogen and oxygen atoms in total. The standard InChI is InChI=1S/C16H27BrN4/c1-5-18-14-12(17)13(16(2,3)4)19-15(20-14)21-10-8-6-7-9-11-21/h5-11H2,1-4H3,(H,18,19,20). The Morgan fingerprint density at radius 2 is 1.71 bits per heavy atom. The van der Waals surface area contributed by atoms with Gasteiger partial charge in [-0.1, -0.05) is 33.6 Å². The number of nitrogens with zero attached hydrogens (tertiary/aromatic N) is 3. The maximum atomic E-state index is 4.88. The number of hydrogen-bond acceptors (Lipinski definition) is 4. The predicted molar refractivity (Wildman–Crippen MR) is 93.3 cm³/mol. The highest BCUT2D eigenvalue weighted by atomic mass is 79.9. The van der Waals surface area contributed by atoms with E-state index in [2.05, 4.69) is 53.8 Å². The maximum absolute atomic E-state index is 4.88. The fourth-order valence-corrected chi connectivity index (χ4v) is 3.54. The van der Waals surface area contributed by atoms with Crippen LogP contribution < -0.4 is 10.2 Å². The highest BCUT2D eigenvalue weighted by Gasteiger charge is 2.25. The molecule has 0 bridgehead atoms. The Morgan fingerprint density at radius 3 is 2.24 bits per heavy atom. The summed E-state index contributed by atoms with van der Waals surface area (Å²) in [5, 5.41) is 3.36. The average Bonchev–Trinajstić information content (AvgIpc) is 2.69. The number of rotatable bonds is 3. The summed E-state index contributed by atoms with van der Waals surface area (Å²) in [6, 6.07) is 0. The molecule has 21 heavy (non-hydrogen) atoms. The van der Waals surface area contributed by atoms with Crippen molar-refractivity contribution in [2.24, 2.45) is 0 Å². The molecular weight excluding hydrogens is 328 g/mol. The molecule has 0 amide bonds. The molecule has 1 aromatic heterocycles. The zero-order valence-electron chi connectivity index (χ0n) is 13.7. The molecule has 0 saturated carbocycles. The van der Waals surface area contributed by atoms with Crippen LogP contribution in [0.1, 0.15) is 59.1 Å². The molecule has 5 heteroatoms. The van der Waals surface area contributed by atoms with Crippen molar-refractivity contribution >= 4 is 27.7 Å². The van der Waals surface area contributed by atoms with E-state index in [1.807, 2.05) is 0 Å². The summed E-state index contributed by atoms with van der Waals surface area (Å²) in [6.45, 7) is 11.7. The van der Waals surface area contributed by atoms with Crippen LogP contribution in [-0.4, -0.2) is 29.6 Å². The van der Waals surface area contributed by atoms with Gasteiger partial charge in [-0.05, 0) is 35.7 Å². The summed E-state index contributed by atoms with van der Waals surface area (Å²) in [4.78, 5) is 12.0. The zero-order valence-corrected chi connectivity index (χ0v) is 15.3. The summed E-state index contributed by atoms with van der Waals surface area (Å²) in [5.41, 5.74) is 1.07. The van der Waals surface area contributed by atoms with Crippen molar-refractivity contribution in [3.63, 3.8) is 0 Å². The van der Waals surface area contributed by atoms with Crippen LogP contribution in [0.15, 0.2) is 4.47 Å². The monoisotopic (exact) mass is 354 g/mol. The molecule has 2 heterocycles. The van der Waals surface area contributed by atoms with E-state index in [1.54, 1.807) is 0 Å². The number of anilines is 2. The lowest BCUT2D eigenvalue weighted by Crippen LogP contribution is -2.28. The number of hydrogen-bond donors (Lipinski definition) is 1. The van der Waals surface area contributed by atoms with Gasteiger partial charge in [-0.25, -0.2) is 4.98 Å². The van der Waals surface area contributed by atoms with Gasteiger partial charge in [0.25, 0.3) is 0 Å². The van der Waals surface area contributed by atoms with Gasteiger partial charge in [0.1, 0.15) is 5.82 Å². The van der Waals surface area contributed by atoms with Crippen LogP contribution in [-0.2, 0) is 5.41 Å². The minimum absolute atomic E-state index is 0.00740. The summed E-state index contributed by atoms with van der Waals surface area (Å²) >= 11 is 3.69. The van der Waals surface area contributed by atoms with E-state index in [0.29, 0.717) is 0 Å². The average molecular weight is 355 g/mol. The topological polar surface area (TPSA) is 41.1 Å². The van der Waals surface area contributed by atoms with Gasteiger partial charge < -0.3 is 10.2 Å². The second-order valence-corrected chi connectivity index (χ2v) is 7.51. The predicted octanol–water partition coefficient (Wildman–Crippen LogP) is 4.35. The Labute approximate surface area is 136 Å². The minimum atomic E-state index is -0.00740. The SMILES string of the molecule is CCNc1nc(N2CCCCCC2)nc(C(C)(C)C)c1Br. The lowest BCUT2D eigenvalue weighted by molar-refractivity contribution is 0.561. The van der Waals surface area contributed by atoms with Crippen LogP contribution >= 0.6 is 15.9 Å². The third-order valence-electron chi connectivity index (χ3n) is 3.78. The van der Waals surface area contributed by atoms with E-state index in [-0.39, 0.29) is 5.41 Å². The molecule has 0 aliphatic carbocycles. The molecular formula is C16H27BrN4. The Bertz CT molecular complexity index is 474. The molecule has 1 saturated heterocycles. The Hall–Kier alpha value is -0.840. The fraction of sp³-hybridized carbons (Fsp3) is 0.750. The number of halogens is 1. The van der Waals surface area contributed by atoms with Crippen molar-refractivity contribution in [1.29, 1.82) is 0 Å². The molecule has 0 radical (unpaired) electrons. The van der Waals surface area contributed by atoms with Gasteiger partial charge in [0.2, 0.25) is 5.95 Å². The van der Waals surface area contributed by atoms with Crippen molar-refractivity contribution in [2.75, 3.05) is 29.9 Å². The Balaban J connectivity index is 2.42. The second-order valence-electron chi connectivity index (χ2n) is 6.72. The van der Waals surface area contributed by atoms with Crippen LogP contribution in [0.3, 0.4) is 0 Å². The molecule has 0 unspecified atom stereocenters. The number of aromatic nitrogens is 2. The van der Waals surface area contributed by atoms with E-state index in [0.717, 1.165) is 41.6 Å². The summed E-state index contributed by atoms with van der Waals surface area (Å²) in [6.07, 6.45) is 5.11. The van der Waals surface area contributed by atoms with Gasteiger partial charge >= 0.3 is 0 Å². The zero-order chi connectivity index (χ0) is 15.5. The van der Waals surface area contributed by atoms with E-state index in [4.69, 9.17) is 9.97 Å². The van der Waals surface area contributed by atoms with Gasteiger partial charge in [0.15, 0.2) is 0 Å². The lowest BCUT2D eigenvalue weighted by atomic mass is 9.92. The molecule has 1 aliphatic heterocycles. The molecule has 0 aromatic carbocycles. The van der Waals surface area contributed by atoms with Crippen molar-refractivity contribution in [3.05, 3.63) is 10.2 Å². The second kappa shape index (κ2) is 6.95. The Morgan fingerprint density at radius 1 is 1.10 bits per heavy atom. The fourth-order valence-electron chi connectivity index (χ4n) is 2.63. The molecule has 0 atom stereocenters. The smallest absolute Gasteiger partial charge is 0.227 e. The van der Waals surface area contributed by atoms with E-state index < -0.39 is 0 Å². The first kappa shape index (κ1) is 16.5. The summed E-state index contributed by atoms with van der Waals surface area (Å²) in [7, 11) is 0. The third-order valence-corrected chi connectivity index (χ3v) is 4.53. The van der Waals surface area contributed by atoms with E-state index >= 15 is 0 Å². The minimum Gasteiger partial charge on any atom is -0.369 e. The van der Waals surface area contributed by atoms with Gasteiger partial charge in [-0.3, -0.25) is 0 Å². The van der Waals surface area contributed by atoms with E-state index in [1.165, 1.54) is 25.7 Å². The Kier molecular flexibility index (Phi) is 5.47. The first-order valence-corrected chi connectivity index (χ1v) is 8.79. The first-order chi connectivity index (χ1) is 9.93. The molecule has 2 rings (SSSR count). The van der Waals surface area contributed by atoms with Gasteiger partial charge in [-0.2, -0.15) is 4.98 Å². The lowest BCUT2D eigenvalue weighted by Gasteiger charge is -2.26. The highest BCUT2D eigenvalue weighted by molar-refractivity contribution is 9.10. The molecule has 1 aromatic rings. The molecule has 0 spiro atoms. The molecule has 1 fully saturated rings. The largest absolute Gasteiger partial charge is 0.369 e. The van der Waals surface area contributed by atoms with Crippen molar-refractivity contribution in [3.8, 4) is 0 Å². The van der Waals surface area contributed by atoms with Crippen LogP contribution in [0.4, 0.5) is 11.8 Å². The molecule has 1 N–H and O–H groups in total. The van der Waals surface area contributed by atoms with Crippen molar-refractivity contribution in [1.82, 2.24) is 9.97 Å². The number of nitrogens with one attached hydrogen (secondary N) is 1. The maximum Gasteiger partial charge on any atom is 0.227 e. The van der Waals surface area contributed by atoms with Crippen molar-refractivity contribution in [2.45, 2.75) is 58.8 Å². The van der Waals surface area contributed by atoms with Crippen LogP contribution in [0.25, 0.3) is 0 Å². The quantitative estimate of drug-likeness (QED) is 0.875. The highest BCUT2D eigenvalue weighted by Crippen LogP contribution is 2.34. The van der Waals surface area contributed by atoms with Crippen LogP contribution in [0.2, 0.25) is 0 Å². The summed E-state index contributed by atoms with van der Waals surface area (Å²) < 4.78 is 0.996. The van der Waals surface area contributed by atoms with Gasteiger partial charge in [0.05, 0.1) is 10.2 Å². The molecule has 1 aliphatic rings.